The van der Waals surface area contributed by atoms with Crippen LogP contribution in [0, 0.1) is 0 Å². The fourth-order valence-corrected chi connectivity index (χ4v) is 4.79. The summed E-state index contributed by atoms with van der Waals surface area (Å²) in [6.07, 6.45) is 0. The molecule has 0 atom stereocenters. The highest BCUT2D eigenvalue weighted by atomic mass is 15.1. The van der Waals surface area contributed by atoms with Crippen LogP contribution in [-0.2, 0) is 0 Å². The molecule has 0 aliphatic carbocycles. The van der Waals surface area contributed by atoms with Gasteiger partial charge in [0.05, 0.1) is 0 Å². The summed E-state index contributed by atoms with van der Waals surface area (Å²) >= 11 is 0. The minimum absolute atomic E-state index is 0.782. The van der Waals surface area contributed by atoms with Gasteiger partial charge in [-0.15, -0.1) is 0 Å². The van der Waals surface area contributed by atoms with Gasteiger partial charge in [0.1, 0.15) is 0 Å². The van der Waals surface area contributed by atoms with Crippen molar-refractivity contribution < 1.29 is 0 Å². The van der Waals surface area contributed by atoms with Crippen molar-refractivity contribution in [2.45, 2.75) is 0 Å². The summed E-state index contributed by atoms with van der Waals surface area (Å²) < 4.78 is 0. The van der Waals surface area contributed by atoms with E-state index in [4.69, 9.17) is 5.73 Å². The van der Waals surface area contributed by atoms with Crippen molar-refractivity contribution in [1.82, 2.24) is 0 Å². The number of hydrogen-bond acceptors (Lipinski definition) is 2. The van der Waals surface area contributed by atoms with Gasteiger partial charge >= 0.3 is 0 Å². The van der Waals surface area contributed by atoms with E-state index in [1.807, 2.05) is 24.3 Å². The molecule has 38 heavy (non-hydrogen) atoms. The fourth-order valence-electron chi connectivity index (χ4n) is 4.79. The average molecular weight is 489 g/mol. The van der Waals surface area contributed by atoms with Crippen LogP contribution in [0.15, 0.2) is 158 Å². The molecular formula is C36H28N2. The van der Waals surface area contributed by atoms with Gasteiger partial charge in [0.2, 0.25) is 0 Å². The molecule has 6 rings (SSSR count). The molecule has 0 saturated heterocycles. The number of rotatable bonds is 6. The van der Waals surface area contributed by atoms with Gasteiger partial charge in [-0.3, -0.25) is 0 Å². The lowest BCUT2D eigenvalue weighted by Crippen LogP contribution is -2.09. The summed E-state index contributed by atoms with van der Waals surface area (Å²) in [6.45, 7) is 0. The number of anilines is 4. The molecule has 182 valence electrons. The normalized spacial score (nSPS) is 10.7. The second kappa shape index (κ2) is 10.5. The molecule has 0 fully saturated rings. The second-order valence-corrected chi connectivity index (χ2v) is 9.33. The van der Waals surface area contributed by atoms with Crippen molar-refractivity contribution in [3.8, 4) is 33.4 Å². The fraction of sp³-hybridized carbons (Fsp3) is 0. The molecule has 0 unspecified atom stereocenters. The van der Waals surface area contributed by atoms with Crippen molar-refractivity contribution in [3.05, 3.63) is 158 Å². The number of benzene rings is 6. The molecule has 0 spiro atoms. The first-order valence-corrected chi connectivity index (χ1v) is 12.8. The quantitative estimate of drug-likeness (QED) is 0.236. The number of para-hydroxylation sites is 2. The summed E-state index contributed by atoms with van der Waals surface area (Å²) in [7, 11) is 0. The highest BCUT2D eigenvalue weighted by molar-refractivity contribution is 5.79. The maximum atomic E-state index is 5.83. The van der Waals surface area contributed by atoms with E-state index in [1.165, 1.54) is 33.4 Å². The van der Waals surface area contributed by atoms with E-state index < -0.39 is 0 Å². The Morgan fingerprint density at radius 3 is 0.895 bits per heavy atom. The standard InChI is InChI=1S/C36H28N2/c37-33-23-19-31(20-24-33)29-15-11-27(12-16-29)28-13-17-30(18-14-28)32-21-25-36(26-22-32)38(34-7-3-1-4-8-34)35-9-5-2-6-10-35/h1-26H,37H2. The molecule has 0 heterocycles. The molecule has 0 radical (unpaired) electrons. The number of nitrogens with two attached hydrogens (primary N) is 1. The number of nitrogen functional groups attached to an aromatic ring is 1. The van der Waals surface area contributed by atoms with Crippen molar-refractivity contribution >= 4 is 22.7 Å². The average Bonchev–Trinajstić information content (AvgIpc) is 2.99. The number of hydrogen-bond donors (Lipinski definition) is 1. The zero-order valence-corrected chi connectivity index (χ0v) is 21.0. The van der Waals surface area contributed by atoms with Crippen molar-refractivity contribution in [2.24, 2.45) is 0 Å². The van der Waals surface area contributed by atoms with Crippen LogP contribution in [0.3, 0.4) is 0 Å². The molecule has 2 nitrogen and oxygen atoms in total. The largest absolute Gasteiger partial charge is 0.399 e. The molecule has 0 saturated carbocycles. The van der Waals surface area contributed by atoms with Gasteiger partial charge in [-0.1, -0.05) is 109 Å². The Morgan fingerprint density at radius 1 is 0.289 bits per heavy atom. The van der Waals surface area contributed by atoms with E-state index in [9.17, 15) is 0 Å². The first kappa shape index (κ1) is 23.3. The lowest BCUT2D eigenvalue weighted by molar-refractivity contribution is 1.28. The van der Waals surface area contributed by atoms with E-state index in [0.29, 0.717) is 0 Å². The molecular weight excluding hydrogens is 460 g/mol. The van der Waals surface area contributed by atoms with Crippen LogP contribution in [0.2, 0.25) is 0 Å². The zero-order valence-electron chi connectivity index (χ0n) is 21.0. The van der Waals surface area contributed by atoms with E-state index in [-0.39, 0.29) is 0 Å². The predicted octanol–water partition coefficient (Wildman–Crippen LogP) is 9.74. The van der Waals surface area contributed by atoms with Crippen LogP contribution in [0.4, 0.5) is 22.7 Å². The maximum Gasteiger partial charge on any atom is 0.0462 e. The van der Waals surface area contributed by atoms with Gasteiger partial charge < -0.3 is 10.6 Å². The Labute approximate surface area is 224 Å². The van der Waals surface area contributed by atoms with Crippen LogP contribution in [0.25, 0.3) is 33.4 Å². The van der Waals surface area contributed by atoms with Gasteiger partial charge in [-0.25, -0.2) is 0 Å². The molecule has 2 heteroatoms. The molecule has 6 aromatic carbocycles. The third-order valence-electron chi connectivity index (χ3n) is 6.83. The lowest BCUT2D eigenvalue weighted by atomic mass is 9.98. The van der Waals surface area contributed by atoms with E-state index in [1.54, 1.807) is 0 Å². The van der Waals surface area contributed by atoms with Gasteiger partial charge in [0.15, 0.2) is 0 Å². The van der Waals surface area contributed by atoms with E-state index in [0.717, 1.165) is 22.7 Å². The summed E-state index contributed by atoms with van der Waals surface area (Å²) in [5.74, 6) is 0. The van der Waals surface area contributed by atoms with E-state index >= 15 is 0 Å². The van der Waals surface area contributed by atoms with Gasteiger partial charge in [0, 0.05) is 22.7 Å². The van der Waals surface area contributed by atoms with Crippen LogP contribution in [0.1, 0.15) is 0 Å². The number of nitrogens with zero attached hydrogens (tertiary/aromatic N) is 1. The van der Waals surface area contributed by atoms with Crippen LogP contribution >= 0.6 is 0 Å². The first-order chi connectivity index (χ1) is 18.7. The molecule has 0 aromatic heterocycles. The first-order valence-electron chi connectivity index (χ1n) is 12.8. The predicted molar refractivity (Wildman–Crippen MR) is 162 cm³/mol. The van der Waals surface area contributed by atoms with Crippen LogP contribution in [-0.4, -0.2) is 0 Å². The topological polar surface area (TPSA) is 29.3 Å². The maximum absolute atomic E-state index is 5.83. The van der Waals surface area contributed by atoms with Crippen LogP contribution < -0.4 is 10.6 Å². The molecule has 0 aliphatic rings. The molecule has 6 aromatic rings. The summed E-state index contributed by atoms with van der Waals surface area (Å²) in [4.78, 5) is 2.28. The molecule has 0 amide bonds. The van der Waals surface area contributed by atoms with Gasteiger partial charge in [-0.2, -0.15) is 0 Å². The Bertz CT molecular complexity index is 1560. The smallest absolute Gasteiger partial charge is 0.0462 e. The molecule has 0 bridgehead atoms. The Morgan fingerprint density at radius 2 is 0.553 bits per heavy atom. The Kier molecular flexibility index (Phi) is 6.44. The molecule has 2 N–H and O–H groups in total. The minimum atomic E-state index is 0.782. The van der Waals surface area contributed by atoms with E-state index in [2.05, 4.69) is 138 Å². The van der Waals surface area contributed by atoms with Crippen molar-refractivity contribution in [1.29, 1.82) is 0 Å². The SMILES string of the molecule is Nc1ccc(-c2ccc(-c3ccc(-c4ccc(N(c5ccccc5)c5ccccc5)cc4)cc3)cc2)cc1. The highest BCUT2D eigenvalue weighted by Crippen LogP contribution is 2.35. The Hall–Kier alpha value is -5.08. The van der Waals surface area contributed by atoms with Gasteiger partial charge in [-0.05, 0) is 81.9 Å². The zero-order chi connectivity index (χ0) is 25.7. The van der Waals surface area contributed by atoms with Crippen molar-refractivity contribution in [2.75, 3.05) is 10.6 Å². The second-order valence-electron chi connectivity index (χ2n) is 9.33. The Balaban J connectivity index is 1.23. The highest BCUT2D eigenvalue weighted by Gasteiger charge is 2.12. The monoisotopic (exact) mass is 488 g/mol. The lowest BCUT2D eigenvalue weighted by Gasteiger charge is -2.25. The van der Waals surface area contributed by atoms with Crippen molar-refractivity contribution in [3.63, 3.8) is 0 Å². The third-order valence-corrected chi connectivity index (χ3v) is 6.83. The minimum Gasteiger partial charge on any atom is -0.399 e. The summed E-state index contributed by atoms with van der Waals surface area (Å²) in [6, 6.07) is 55.2. The third kappa shape index (κ3) is 4.93. The van der Waals surface area contributed by atoms with Crippen LogP contribution in [0.5, 0.6) is 0 Å². The summed E-state index contributed by atoms with van der Waals surface area (Å²) in [5.41, 5.74) is 17.2. The van der Waals surface area contributed by atoms with Gasteiger partial charge in [0.25, 0.3) is 0 Å². The summed E-state index contributed by atoms with van der Waals surface area (Å²) in [5, 5.41) is 0. The molecule has 0 aliphatic heterocycles.